The molecule has 0 aliphatic carbocycles. The molecule has 6 nitrogen and oxygen atoms in total. The van der Waals surface area contributed by atoms with Crippen molar-refractivity contribution in [2.45, 2.75) is 84.5 Å². The van der Waals surface area contributed by atoms with Crippen molar-refractivity contribution in [2.24, 2.45) is 0 Å². The molecule has 0 aromatic heterocycles. The van der Waals surface area contributed by atoms with Crippen LogP contribution in [0.2, 0.25) is 0 Å². The van der Waals surface area contributed by atoms with Crippen molar-refractivity contribution in [1.82, 2.24) is 0 Å². The van der Waals surface area contributed by atoms with Gasteiger partial charge in [-0.05, 0) is 25.7 Å². The number of hydrogen-bond acceptors (Lipinski definition) is 6. The molecule has 1 unspecified atom stereocenters. The van der Waals surface area contributed by atoms with Crippen molar-refractivity contribution < 1.29 is 55.1 Å². The van der Waals surface area contributed by atoms with E-state index in [2.05, 4.69) is 0 Å². The summed E-state index contributed by atoms with van der Waals surface area (Å²) in [5.74, 6) is -2.25. The maximum Gasteiger partial charge on any atom is 1.00 e. The summed E-state index contributed by atoms with van der Waals surface area (Å²) in [6.07, 6.45) is 3.59. The molecule has 0 fully saturated rings. The normalized spacial score (nSPS) is 13.3. The van der Waals surface area contributed by atoms with E-state index in [1.165, 1.54) is 0 Å². The number of ether oxygens (including phenoxy) is 3. The second kappa shape index (κ2) is 16.1. The van der Waals surface area contributed by atoms with Gasteiger partial charge in [-0.15, -0.1) is 0 Å². The number of Topliss-reactive ketones (excluding diaryl/α,β-unsaturated/α-hetero) is 1. The van der Waals surface area contributed by atoms with Crippen LogP contribution in [-0.4, -0.2) is 43.5 Å². The fourth-order valence-corrected chi connectivity index (χ4v) is 2.10. The Hall–Kier alpha value is -0.0969. The van der Waals surface area contributed by atoms with Crippen molar-refractivity contribution in [1.29, 1.82) is 0 Å². The van der Waals surface area contributed by atoms with Gasteiger partial charge in [-0.2, -0.15) is 0 Å². The number of aliphatic carboxylic acids is 1. The van der Waals surface area contributed by atoms with Gasteiger partial charge in [-0.25, -0.2) is 0 Å². The van der Waals surface area contributed by atoms with Crippen LogP contribution < -0.4 is 5.11 Å². The topological polar surface area (TPSA) is 84.9 Å². The van der Waals surface area contributed by atoms with Gasteiger partial charge < -0.3 is 24.1 Å². The number of ketones is 1. The Morgan fingerprint density at radius 2 is 1.32 bits per heavy atom. The maximum atomic E-state index is 12.8. The summed E-state index contributed by atoms with van der Waals surface area (Å²) in [4.78, 5) is 24.5. The molecule has 0 spiro atoms. The van der Waals surface area contributed by atoms with Crippen LogP contribution in [0.4, 0.5) is 0 Å². The SMILES string of the molecule is CCCCOC(OCCCC)C(=O)C(CC)(OCCCC)C(=O)[O-].[Zr+]. The van der Waals surface area contributed by atoms with Crippen molar-refractivity contribution in [2.75, 3.05) is 19.8 Å². The molecule has 0 N–H and O–H groups in total. The van der Waals surface area contributed by atoms with Gasteiger partial charge >= 0.3 is 26.2 Å². The molecule has 145 valence electrons. The van der Waals surface area contributed by atoms with Gasteiger partial charge in [0.1, 0.15) is 0 Å². The largest absolute Gasteiger partial charge is 1.00 e. The van der Waals surface area contributed by atoms with Crippen LogP contribution in [0.1, 0.15) is 72.6 Å². The van der Waals surface area contributed by atoms with Gasteiger partial charge in [0.25, 0.3) is 0 Å². The molecule has 7 heteroatoms. The van der Waals surface area contributed by atoms with Gasteiger partial charge in [-0.1, -0.05) is 47.0 Å². The van der Waals surface area contributed by atoms with Crippen LogP contribution in [0.3, 0.4) is 0 Å². The smallest absolute Gasteiger partial charge is 0.546 e. The molecule has 0 heterocycles. The summed E-state index contributed by atoms with van der Waals surface area (Å²) in [5.41, 5.74) is -2.02. The van der Waals surface area contributed by atoms with Crippen LogP contribution in [0.5, 0.6) is 0 Å². The first-order valence-electron chi connectivity index (χ1n) is 9.12. The Balaban J connectivity index is 0. The third-order valence-corrected chi connectivity index (χ3v) is 3.82. The predicted molar refractivity (Wildman–Crippen MR) is 89.4 cm³/mol. The van der Waals surface area contributed by atoms with Crippen molar-refractivity contribution in [3.05, 3.63) is 0 Å². The fourth-order valence-electron chi connectivity index (χ4n) is 2.10. The van der Waals surface area contributed by atoms with E-state index in [1.807, 2.05) is 20.8 Å². The molecule has 0 aliphatic heterocycles. The zero-order chi connectivity index (χ0) is 18.4. The molecule has 1 radical (unpaired) electrons. The Kier molecular flexibility index (Phi) is 17.5. The number of carbonyl (C=O) groups is 2. The Morgan fingerprint density at radius 3 is 1.68 bits per heavy atom. The molecule has 0 saturated carbocycles. The second-order valence-electron chi connectivity index (χ2n) is 5.81. The Morgan fingerprint density at radius 1 is 0.880 bits per heavy atom. The summed E-state index contributed by atoms with van der Waals surface area (Å²) < 4.78 is 16.5. The molecular formula is C18H33O6Zr. The molecule has 0 aliphatic rings. The molecule has 0 rings (SSSR count). The van der Waals surface area contributed by atoms with E-state index in [0.717, 1.165) is 32.1 Å². The summed E-state index contributed by atoms with van der Waals surface area (Å²) in [5, 5.41) is 11.7. The van der Waals surface area contributed by atoms with E-state index in [4.69, 9.17) is 14.2 Å². The summed E-state index contributed by atoms with van der Waals surface area (Å²) in [6.45, 7) is 8.41. The quantitative estimate of drug-likeness (QED) is 0.210. The minimum absolute atomic E-state index is 0. The van der Waals surface area contributed by atoms with Crippen LogP contribution in [-0.2, 0) is 50.0 Å². The van der Waals surface area contributed by atoms with Crippen molar-refractivity contribution >= 4 is 11.8 Å². The monoisotopic (exact) mass is 435 g/mol. The van der Waals surface area contributed by atoms with E-state index in [-0.39, 0.29) is 39.2 Å². The van der Waals surface area contributed by atoms with Gasteiger partial charge in [-0.3, -0.25) is 4.79 Å². The zero-order valence-corrected chi connectivity index (χ0v) is 18.6. The van der Waals surface area contributed by atoms with Gasteiger partial charge in [0.05, 0.1) is 19.2 Å². The summed E-state index contributed by atoms with van der Waals surface area (Å²) >= 11 is 0. The van der Waals surface area contributed by atoms with Crippen LogP contribution in [0, 0.1) is 0 Å². The number of unbranched alkanes of at least 4 members (excludes halogenated alkanes) is 3. The van der Waals surface area contributed by atoms with E-state index < -0.39 is 23.6 Å². The number of carbonyl (C=O) groups excluding carboxylic acids is 2. The molecule has 0 saturated heterocycles. The van der Waals surface area contributed by atoms with Crippen LogP contribution in [0.25, 0.3) is 0 Å². The molecule has 0 aromatic rings. The second-order valence-corrected chi connectivity index (χ2v) is 5.81. The minimum atomic E-state index is -2.02. The minimum Gasteiger partial charge on any atom is -0.546 e. The zero-order valence-electron chi connectivity index (χ0n) is 16.1. The third-order valence-electron chi connectivity index (χ3n) is 3.82. The number of hydrogen-bond donors (Lipinski definition) is 0. The Labute approximate surface area is 171 Å². The maximum absolute atomic E-state index is 12.8. The van der Waals surface area contributed by atoms with E-state index >= 15 is 0 Å². The molecule has 1 atom stereocenters. The van der Waals surface area contributed by atoms with Gasteiger partial charge in [0, 0.05) is 6.61 Å². The van der Waals surface area contributed by atoms with Crippen LogP contribution in [0.15, 0.2) is 0 Å². The summed E-state index contributed by atoms with van der Waals surface area (Å²) in [7, 11) is 0. The van der Waals surface area contributed by atoms with Crippen LogP contribution >= 0.6 is 0 Å². The number of carboxylic acids is 1. The van der Waals surface area contributed by atoms with Crippen molar-refractivity contribution in [3.63, 3.8) is 0 Å². The average Bonchev–Trinajstić information content (AvgIpc) is 2.57. The molecule has 25 heavy (non-hydrogen) atoms. The molecule has 0 amide bonds. The number of carboxylic acid groups (broad SMARTS) is 1. The first kappa shape index (κ1) is 27.1. The first-order valence-corrected chi connectivity index (χ1v) is 9.12. The van der Waals surface area contributed by atoms with Gasteiger partial charge in [0.15, 0.2) is 5.60 Å². The molecule has 0 bridgehead atoms. The van der Waals surface area contributed by atoms with Crippen molar-refractivity contribution in [3.8, 4) is 0 Å². The van der Waals surface area contributed by atoms with E-state index in [9.17, 15) is 14.7 Å². The van der Waals surface area contributed by atoms with Gasteiger partial charge in [0.2, 0.25) is 12.1 Å². The Bertz CT molecular complexity index is 353. The van der Waals surface area contributed by atoms with E-state index in [1.54, 1.807) is 6.92 Å². The molecular weight excluding hydrogens is 403 g/mol. The standard InChI is InChI=1S/C18H34O6.Zr/c1-5-9-12-22-16(23-13-10-6-2)15(19)18(8-4,17(20)21)24-14-11-7-3;/h16H,5-14H2,1-4H3,(H,20,21);/q;+1/p-1. The first-order chi connectivity index (χ1) is 11.5. The third kappa shape index (κ3) is 9.41. The summed E-state index contributed by atoms with van der Waals surface area (Å²) in [6, 6.07) is 0. The predicted octanol–water partition coefficient (Wildman–Crippen LogP) is 2.23. The van der Waals surface area contributed by atoms with E-state index in [0.29, 0.717) is 19.6 Å². The molecule has 0 aromatic carbocycles. The number of rotatable bonds is 16. The average molecular weight is 437 g/mol. The fraction of sp³-hybridized carbons (Fsp3) is 0.889.